The zero-order valence-electron chi connectivity index (χ0n) is 7.59. The minimum Gasteiger partial charge on any atom is -0.217 e. The molecule has 8 heteroatoms. The molecule has 0 fully saturated rings. The predicted octanol–water partition coefficient (Wildman–Crippen LogP) is 6.29. The third-order valence-electron chi connectivity index (χ3n) is 2.05. The van der Waals surface area contributed by atoms with Crippen LogP contribution in [0.4, 0.5) is 4.39 Å². The van der Waals surface area contributed by atoms with Gasteiger partial charge in [0.2, 0.25) is 5.95 Å². The molecule has 0 saturated heterocycles. The Kier molecular flexibility index (Phi) is 3.85. The van der Waals surface area contributed by atoms with Gasteiger partial charge in [-0.1, -0.05) is 69.6 Å². The molecule has 0 amide bonds. The Bertz CT molecular complexity index is 633. The second-order valence-electron chi connectivity index (χ2n) is 3.01. The molecule has 0 spiro atoms. The van der Waals surface area contributed by atoms with E-state index in [9.17, 15) is 4.39 Å². The number of pyridine rings is 1. The smallest absolute Gasteiger partial charge is 0.217 e. The van der Waals surface area contributed by atoms with Crippen LogP contribution in [0.5, 0.6) is 0 Å². The number of fused-ring (bicyclic) bond motifs is 1. The molecule has 1 aromatic carbocycles. The van der Waals surface area contributed by atoms with E-state index < -0.39 is 5.95 Å². The molecule has 0 N–H and O–H groups in total. The Labute approximate surface area is 125 Å². The van der Waals surface area contributed by atoms with Gasteiger partial charge in [-0.25, -0.2) is 4.98 Å². The lowest BCUT2D eigenvalue weighted by atomic mass is 10.2. The number of aromatic nitrogens is 1. The lowest BCUT2D eigenvalue weighted by Crippen LogP contribution is -1.92. The van der Waals surface area contributed by atoms with Gasteiger partial charge in [0.25, 0.3) is 0 Å². The van der Waals surface area contributed by atoms with Crippen LogP contribution in [0.1, 0.15) is 0 Å². The highest BCUT2D eigenvalue weighted by Gasteiger charge is 2.21. The summed E-state index contributed by atoms with van der Waals surface area (Å²) in [5.41, 5.74) is 0.0120. The van der Waals surface area contributed by atoms with Crippen molar-refractivity contribution in [3.8, 4) is 0 Å². The molecule has 0 saturated carbocycles. The summed E-state index contributed by atoms with van der Waals surface area (Å²) < 4.78 is 13.3. The van der Waals surface area contributed by atoms with Crippen molar-refractivity contribution in [1.29, 1.82) is 0 Å². The minimum absolute atomic E-state index is 0.0113. The van der Waals surface area contributed by atoms with E-state index in [0.717, 1.165) is 0 Å². The van der Waals surface area contributed by atoms with Gasteiger partial charge in [-0.3, -0.25) is 0 Å². The molecule has 1 aromatic heterocycles. The van der Waals surface area contributed by atoms with Crippen LogP contribution in [0, 0.1) is 5.95 Å². The van der Waals surface area contributed by atoms with E-state index in [2.05, 4.69) is 4.98 Å². The molecule has 90 valence electrons. The number of hydrogen-bond donors (Lipinski definition) is 0. The summed E-state index contributed by atoms with van der Waals surface area (Å²) in [5.74, 6) is -0.958. The van der Waals surface area contributed by atoms with Crippen molar-refractivity contribution in [2.75, 3.05) is 0 Å². The molecule has 2 rings (SSSR count). The monoisotopic (exact) mass is 351 g/mol. The van der Waals surface area contributed by atoms with Gasteiger partial charge < -0.3 is 0 Å². The molecule has 0 aliphatic heterocycles. The molecule has 0 aliphatic rings. The van der Waals surface area contributed by atoms with Crippen LogP contribution in [0.2, 0.25) is 30.1 Å². The van der Waals surface area contributed by atoms with Crippen LogP contribution in [0.15, 0.2) is 0 Å². The summed E-state index contributed by atoms with van der Waals surface area (Å²) >= 11 is 35.0. The fraction of sp³-hybridized carbons (Fsp3) is 0. The maximum absolute atomic E-state index is 13.3. The Balaban J connectivity index is 3.12. The molecular formula is C9Cl6FN. The van der Waals surface area contributed by atoms with E-state index in [4.69, 9.17) is 69.6 Å². The van der Waals surface area contributed by atoms with Crippen LogP contribution in [-0.2, 0) is 0 Å². The summed E-state index contributed by atoms with van der Waals surface area (Å²) in [5, 5.41) is -0.313. The highest BCUT2D eigenvalue weighted by Crippen LogP contribution is 2.46. The fourth-order valence-electron chi connectivity index (χ4n) is 1.27. The average molecular weight is 354 g/mol. The molecule has 0 radical (unpaired) electrons. The first-order chi connectivity index (χ1) is 7.86. The van der Waals surface area contributed by atoms with Gasteiger partial charge in [0.1, 0.15) is 5.02 Å². The lowest BCUT2D eigenvalue weighted by molar-refractivity contribution is 0.589. The second-order valence-corrected chi connectivity index (χ2v) is 5.28. The van der Waals surface area contributed by atoms with Crippen molar-refractivity contribution in [1.82, 2.24) is 4.98 Å². The van der Waals surface area contributed by atoms with E-state index in [-0.39, 0.29) is 41.0 Å². The Morgan fingerprint density at radius 1 is 0.647 bits per heavy atom. The topological polar surface area (TPSA) is 12.9 Å². The number of rotatable bonds is 0. The standard InChI is InChI=1S/C9Cl6FN/c10-2-1-3(11)7(15)9(16)17-8(1)6(14)5(13)4(2)12. The second kappa shape index (κ2) is 4.76. The number of nitrogens with zero attached hydrogens (tertiary/aromatic N) is 1. The van der Waals surface area contributed by atoms with Gasteiger partial charge in [0.15, 0.2) is 0 Å². The maximum atomic E-state index is 13.3. The van der Waals surface area contributed by atoms with Gasteiger partial charge in [0, 0.05) is 5.39 Å². The Hall–Kier alpha value is 0.300. The van der Waals surface area contributed by atoms with E-state index in [1.807, 2.05) is 0 Å². The van der Waals surface area contributed by atoms with Crippen molar-refractivity contribution in [2.24, 2.45) is 0 Å². The fourth-order valence-corrected chi connectivity index (χ4v) is 2.70. The van der Waals surface area contributed by atoms with Crippen LogP contribution in [-0.4, -0.2) is 4.98 Å². The van der Waals surface area contributed by atoms with E-state index >= 15 is 0 Å². The van der Waals surface area contributed by atoms with E-state index in [0.29, 0.717) is 0 Å². The lowest BCUT2D eigenvalue weighted by Gasteiger charge is -2.10. The summed E-state index contributed by atoms with van der Waals surface area (Å²) in [6, 6.07) is 0. The van der Waals surface area contributed by atoms with Crippen molar-refractivity contribution >= 4 is 80.5 Å². The highest BCUT2D eigenvalue weighted by molar-refractivity contribution is 6.57. The van der Waals surface area contributed by atoms with Crippen LogP contribution in [0.25, 0.3) is 10.9 Å². The summed E-state index contributed by atoms with van der Waals surface area (Å²) in [6.07, 6.45) is 0. The van der Waals surface area contributed by atoms with Gasteiger partial charge in [-0.15, -0.1) is 0 Å². The Morgan fingerprint density at radius 3 is 1.71 bits per heavy atom. The molecular weight excluding hydrogens is 354 g/mol. The minimum atomic E-state index is -0.958. The van der Waals surface area contributed by atoms with Crippen molar-refractivity contribution in [2.45, 2.75) is 0 Å². The van der Waals surface area contributed by atoms with Crippen LogP contribution in [0.3, 0.4) is 0 Å². The van der Waals surface area contributed by atoms with Crippen molar-refractivity contribution in [3.05, 3.63) is 36.1 Å². The van der Waals surface area contributed by atoms with Gasteiger partial charge >= 0.3 is 0 Å². The van der Waals surface area contributed by atoms with Gasteiger partial charge in [-0.05, 0) is 0 Å². The summed E-state index contributed by atoms with van der Waals surface area (Å²) in [4.78, 5) is 3.56. The van der Waals surface area contributed by atoms with E-state index in [1.165, 1.54) is 0 Å². The molecule has 0 atom stereocenters. The third-order valence-corrected chi connectivity index (χ3v) is 4.66. The van der Waals surface area contributed by atoms with Gasteiger partial charge in [0.05, 0.1) is 30.6 Å². The van der Waals surface area contributed by atoms with Crippen LogP contribution < -0.4 is 0 Å². The number of benzene rings is 1. The SMILES string of the molecule is Fc1nc2c(Cl)c(Cl)c(Cl)c(Cl)c2c(Cl)c1Cl. The third kappa shape index (κ3) is 2.05. The summed E-state index contributed by atoms with van der Waals surface area (Å²) in [6.45, 7) is 0. The van der Waals surface area contributed by atoms with Gasteiger partial charge in [-0.2, -0.15) is 4.39 Å². The quantitative estimate of drug-likeness (QED) is 0.308. The molecule has 0 unspecified atom stereocenters. The van der Waals surface area contributed by atoms with E-state index in [1.54, 1.807) is 0 Å². The molecule has 0 bridgehead atoms. The first-order valence-electron chi connectivity index (χ1n) is 4.02. The maximum Gasteiger partial charge on any atom is 0.233 e. The zero-order chi connectivity index (χ0) is 12.9. The first kappa shape index (κ1) is 13.7. The zero-order valence-corrected chi connectivity index (χ0v) is 12.1. The number of halogens is 7. The molecule has 1 heterocycles. The van der Waals surface area contributed by atoms with Crippen molar-refractivity contribution < 1.29 is 4.39 Å². The summed E-state index contributed by atoms with van der Waals surface area (Å²) in [7, 11) is 0. The number of hydrogen-bond acceptors (Lipinski definition) is 1. The molecule has 17 heavy (non-hydrogen) atoms. The first-order valence-corrected chi connectivity index (χ1v) is 6.29. The average Bonchev–Trinajstić information content (AvgIpc) is 2.30. The molecule has 1 nitrogen and oxygen atoms in total. The predicted molar refractivity (Wildman–Crippen MR) is 71.8 cm³/mol. The van der Waals surface area contributed by atoms with Crippen LogP contribution >= 0.6 is 69.6 Å². The molecule has 2 aromatic rings. The largest absolute Gasteiger partial charge is 0.233 e. The van der Waals surface area contributed by atoms with Crippen molar-refractivity contribution in [3.63, 3.8) is 0 Å². The molecule has 0 aliphatic carbocycles. The normalized spacial score (nSPS) is 11.2. The highest BCUT2D eigenvalue weighted by atomic mass is 35.5. The Morgan fingerprint density at radius 2 is 1.12 bits per heavy atom.